The first-order valence-corrected chi connectivity index (χ1v) is 8.00. The first-order chi connectivity index (χ1) is 8.80. The molecule has 1 saturated carbocycles. The van der Waals surface area contributed by atoms with E-state index in [-0.39, 0.29) is 0 Å². The van der Waals surface area contributed by atoms with Crippen molar-refractivity contribution < 1.29 is 0 Å². The molecule has 1 aliphatic rings. The predicted molar refractivity (Wildman–Crippen MR) is 79.6 cm³/mol. The van der Waals surface area contributed by atoms with E-state index >= 15 is 0 Å². The molecule has 0 amide bonds. The zero-order valence-electron chi connectivity index (χ0n) is 11.8. The lowest BCUT2D eigenvalue weighted by Gasteiger charge is -2.20. The molecule has 1 fully saturated rings. The monoisotopic (exact) mass is 267 g/mol. The first-order valence-electron chi connectivity index (χ1n) is 7.19. The summed E-state index contributed by atoms with van der Waals surface area (Å²) in [5, 5.41) is 4.52. The Labute approximate surface area is 115 Å². The molecule has 18 heavy (non-hydrogen) atoms. The molecule has 4 heteroatoms. The van der Waals surface area contributed by atoms with Gasteiger partial charge < -0.3 is 10.2 Å². The smallest absolute Gasteiger partial charge is 0.185 e. The van der Waals surface area contributed by atoms with Gasteiger partial charge in [0.15, 0.2) is 5.13 Å². The van der Waals surface area contributed by atoms with Gasteiger partial charge in [0.2, 0.25) is 0 Å². The van der Waals surface area contributed by atoms with Gasteiger partial charge in [0.1, 0.15) is 0 Å². The van der Waals surface area contributed by atoms with E-state index in [1.807, 2.05) is 18.4 Å². The molecule has 0 unspecified atom stereocenters. The van der Waals surface area contributed by atoms with Crippen molar-refractivity contribution >= 4 is 16.5 Å². The molecular weight excluding hydrogens is 242 g/mol. The standard InChI is InChI=1S/C14H25N3S/c1-4-8-17(9-5-2)14-16-13(11-6-7-11)12(18-14)10-15-3/h11,15H,4-10H2,1-3H3. The van der Waals surface area contributed by atoms with Crippen LogP contribution in [0.25, 0.3) is 0 Å². The fourth-order valence-electron chi connectivity index (χ4n) is 2.29. The van der Waals surface area contributed by atoms with Crippen LogP contribution in [0.15, 0.2) is 0 Å². The molecule has 3 nitrogen and oxygen atoms in total. The summed E-state index contributed by atoms with van der Waals surface area (Å²) < 4.78 is 0. The Morgan fingerprint density at radius 1 is 1.28 bits per heavy atom. The normalized spacial score (nSPS) is 15.1. The van der Waals surface area contributed by atoms with Crippen molar-refractivity contribution in [1.82, 2.24) is 10.3 Å². The number of thiazole rings is 1. The van der Waals surface area contributed by atoms with Gasteiger partial charge in [-0.25, -0.2) is 4.98 Å². The van der Waals surface area contributed by atoms with Crippen LogP contribution in [0.2, 0.25) is 0 Å². The first kappa shape index (κ1) is 13.8. The fraction of sp³-hybridized carbons (Fsp3) is 0.786. The van der Waals surface area contributed by atoms with Crippen LogP contribution >= 0.6 is 11.3 Å². The summed E-state index contributed by atoms with van der Waals surface area (Å²) >= 11 is 1.89. The van der Waals surface area contributed by atoms with E-state index in [9.17, 15) is 0 Å². The van der Waals surface area contributed by atoms with Crippen LogP contribution in [0.5, 0.6) is 0 Å². The van der Waals surface area contributed by atoms with Gasteiger partial charge in [-0.2, -0.15) is 0 Å². The highest BCUT2D eigenvalue weighted by molar-refractivity contribution is 7.15. The Kier molecular flexibility index (Phi) is 5.01. The maximum Gasteiger partial charge on any atom is 0.185 e. The van der Waals surface area contributed by atoms with Crippen LogP contribution in [0.1, 0.15) is 56.0 Å². The zero-order valence-corrected chi connectivity index (χ0v) is 12.6. The fourth-order valence-corrected chi connectivity index (χ4v) is 3.50. The van der Waals surface area contributed by atoms with Gasteiger partial charge in [-0.05, 0) is 32.7 Å². The van der Waals surface area contributed by atoms with Crippen LogP contribution in [0, 0.1) is 0 Å². The average Bonchev–Trinajstić information content (AvgIpc) is 3.12. The number of nitrogens with one attached hydrogen (secondary N) is 1. The predicted octanol–water partition coefficient (Wildman–Crippen LogP) is 3.37. The van der Waals surface area contributed by atoms with E-state index in [1.165, 1.54) is 41.4 Å². The average molecular weight is 267 g/mol. The van der Waals surface area contributed by atoms with Gasteiger partial charge in [-0.15, -0.1) is 11.3 Å². The molecule has 1 aromatic heterocycles. The van der Waals surface area contributed by atoms with Crippen molar-refractivity contribution in [3.63, 3.8) is 0 Å². The van der Waals surface area contributed by atoms with Crippen LogP contribution in [-0.2, 0) is 6.54 Å². The molecule has 1 heterocycles. The van der Waals surface area contributed by atoms with E-state index in [0.717, 1.165) is 25.6 Å². The second-order valence-corrected chi connectivity index (χ2v) is 6.16. The summed E-state index contributed by atoms with van der Waals surface area (Å²) in [6.07, 6.45) is 5.06. The van der Waals surface area contributed by atoms with Gasteiger partial charge >= 0.3 is 0 Å². The lowest BCUT2D eigenvalue weighted by molar-refractivity contribution is 0.739. The third kappa shape index (κ3) is 3.23. The molecule has 2 rings (SSSR count). The van der Waals surface area contributed by atoms with E-state index in [2.05, 4.69) is 24.1 Å². The van der Waals surface area contributed by atoms with Gasteiger partial charge in [-0.1, -0.05) is 13.8 Å². The highest BCUT2D eigenvalue weighted by Crippen LogP contribution is 2.44. The topological polar surface area (TPSA) is 28.2 Å². The summed E-state index contributed by atoms with van der Waals surface area (Å²) in [7, 11) is 2.02. The number of anilines is 1. The Morgan fingerprint density at radius 3 is 2.44 bits per heavy atom. The van der Waals surface area contributed by atoms with Crippen LogP contribution in [-0.4, -0.2) is 25.1 Å². The summed E-state index contributed by atoms with van der Waals surface area (Å²) in [6.45, 7) is 7.71. The molecule has 0 atom stereocenters. The van der Waals surface area contributed by atoms with Gasteiger partial charge in [-0.3, -0.25) is 0 Å². The van der Waals surface area contributed by atoms with E-state index in [0.29, 0.717) is 0 Å². The molecular formula is C14H25N3S. The SMILES string of the molecule is CCCN(CCC)c1nc(C2CC2)c(CNC)s1. The molecule has 0 radical (unpaired) electrons. The van der Waals surface area contributed by atoms with Crippen LogP contribution < -0.4 is 10.2 Å². The maximum absolute atomic E-state index is 4.93. The third-order valence-corrected chi connectivity index (χ3v) is 4.41. The Balaban J connectivity index is 2.17. The van der Waals surface area contributed by atoms with Gasteiger partial charge in [0.05, 0.1) is 5.69 Å². The Morgan fingerprint density at radius 2 is 1.94 bits per heavy atom. The largest absolute Gasteiger partial charge is 0.348 e. The van der Waals surface area contributed by atoms with E-state index in [4.69, 9.17) is 4.98 Å². The molecule has 0 aromatic carbocycles. The minimum atomic E-state index is 0.753. The van der Waals surface area contributed by atoms with Crippen molar-refractivity contribution in [2.24, 2.45) is 0 Å². The van der Waals surface area contributed by atoms with Crippen LogP contribution in [0.3, 0.4) is 0 Å². The lowest BCUT2D eigenvalue weighted by Crippen LogP contribution is -2.24. The van der Waals surface area contributed by atoms with Crippen molar-refractivity contribution in [2.45, 2.75) is 52.0 Å². The Bertz CT molecular complexity index is 365. The van der Waals surface area contributed by atoms with Crippen molar-refractivity contribution in [3.05, 3.63) is 10.6 Å². The summed E-state index contributed by atoms with van der Waals surface area (Å²) in [5.74, 6) is 0.753. The number of aromatic nitrogens is 1. The summed E-state index contributed by atoms with van der Waals surface area (Å²) in [6, 6.07) is 0. The van der Waals surface area contributed by atoms with E-state index < -0.39 is 0 Å². The van der Waals surface area contributed by atoms with E-state index in [1.54, 1.807) is 0 Å². The number of rotatable bonds is 8. The number of hydrogen-bond donors (Lipinski definition) is 1. The second-order valence-electron chi connectivity index (χ2n) is 5.10. The Hall–Kier alpha value is -0.610. The minimum Gasteiger partial charge on any atom is -0.348 e. The number of nitrogens with zero attached hydrogens (tertiary/aromatic N) is 2. The maximum atomic E-state index is 4.93. The van der Waals surface area contributed by atoms with Crippen molar-refractivity contribution in [2.75, 3.05) is 25.0 Å². The lowest BCUT2D eigenvalue weighted by atomic mass is 10.2. The molecule has 0 saturated heterocycles. The zero-order chi connectivity index (χ0) is 13.0. The molecule has 1 N–H and O–H groups in total. The highest BCUT2D eigenvalue weighted by Gasteiger charge is 2.30. The third-order valence-electron chi connectivity index (χ3n) is 3.28. The molecule has 1 aromatic rings. The molecule has 0 spiro atoms. The van der Waals surface area contributed by atoms with Crippen molar-refractivity contribution in [1.29, 1.82) is 0 Å². The molecule has 102 valence electrons. The second kappa shape index (κ2) is 6.53. The highest BCUT2D eigenvalue weighted by atomic mass is 32.1. The quantitative estimate of drug-likeness (QED) is 0.783. The molecule has 1 aliphatic carbocycles. The van der Waals surface area contributed by atoms with Crippen molar-refractivity contribution in [3.8, 4) is 0 Å². The number of hydrogen-bond acceptors (Lipinski definition) is 4. The molecule has 0 bridgehead atoms. The molecule has 0 aliphatic heterocycles. The summed E-state index contributed by atoms with van der Waals surface area (Å²) in [4.78, 5) is 8.84. The summed E-state index contributed by atoms with van der Waals surface area (Å²) in [5.41, 5.74) is 1.38. The van der Waals surface area contributed by atoms with Crippen LogP contribution in [0.4, 0.5) is 5.13 Å². The van der Waals surface area contributed by atoms with Gasteiger partial charge in [0.25, 0.3) is 0 Å². The van der Waals surface area contributed by atoms with Gasteiger partial charge in [0, 0.05) is 30.4 Å². The minimum absolute atomic E-state index is 0.753.